The molecule has 1 fully saturated rings. The van der Waals surface area contributed by atoms with E-state index in [-0.39, 0.29) is 5.91 Å². The first-order chi connectivity index (χ1) is 14.7. The molecule has 158 valence electrons. The van der Waals surface area contributed by atoms with E-state index in [1.807, 2.05) is 15.8 Å². The number of rotatable bonds is 5. The van der Waals surface area contributed by atoms with Gasteiger partial charge < -0.3 is 19.4 Å². The lowest BCUT2D eigenvalue weighted by Crippen LogP contribution is -2.41. The molecule has 0 bridgehead atoms. The zero-order chi connectivity index (χ0) is 20.5. The predicted molar refractivity (Wildman–Crippen MR) is 112 cm³/mol. The van der Waals surface area contributed by atoms with Crippen molar-refractivity contribution in [2.24, 2.45) is 5.92 Å². The summed E-state index contributed by atoms with van der Waals surface area (Å²) < 4.78 is 9.52. The number of hydrogen-bond donors (Lipinski definition) is 1. The van der Waals surface area contributed by atoms with E-state index in [9.17, 15) is 4.79 Å². The number of nitrogens with zero attached hydrogens (tertiary/aromatic N) is 5. The molecule has 1 unspecified atom stereocenters. The molecule has 2 aliphatic rings. The lowest BCUT2D eigenvalue weighted by atomic mass is 9.94. The Morgan fingerprint density at radius 1 is 1.27 bits per heavy atom. The van der Waals surface area contributed by atoms with E-state index in [0.717, 1.165) is 55.1 Å². The smallest absolute Gasteiger partial charge is 0.257 e. The molecule has 1 atom stereocenters. The van der Waals surface area contributed by atoms with Gasteiger partial charge in [-0.25, -0.2) is 4.98 Å². The van der Waals surface area contributed by atoms with Gasteiger partial charge in [0.2, 0.25) is 0 Å². The van der Waals surface area contributed by atoms with Gasteiger partial charge in [-0.2, -0.15) is 5.10 Å². The van der Waals surface area contributed by atoms with Crippen LogP contribution in [0.5, 0.6) is 0 Å². The summed E-state index contributed by atoms with van der Waals surface area (Å²) in [6.45, 7) is 7.19. The van der Waals surface area contributed by atoms with E-state index in [0.29, 0.717) is 32.2 Å². The predicted octanol–water partition coefficient (Wildman–Crippen LogP) is 1.66. The summed E-state index contributed by atoms with van der Waals surface area (Å²) in [4.78, 5) is 19.3. The van der Waals surface area contributed by atoms with E-state index in [4.69, 9.17) is 4.74 Å². The second kappa shape index (κ2) is 8.20. The van der Waals surface area contributed by atoms with Crippen molar-refractivity contribution in [1.29, 1.82) is 0 Å². The molecule has 1 saturated heterocycles. The first kappa shape index (κ1) is 19.3. The minimum Gasteiger partial charge on any atom is -0.378 e. The molecule has 3 aromatic rings. The van der Waals surface area contributed by atoms with Crippen molar-refractivity contribution in [2.75, 3.05) is 32.8 Å². The first-order valence-electron chi connectivity index (χ1n) is 10.7. The number of carbonyl (C=O) groups excluding carboxylic acids is 1. The Morgan fingerprint density at radius 2 is 2.13 bits per heavy atom. The Hall–Kier alpha value is -2.71. The number of carbonyl (C=O) groups is 1. The average molecular weight is 409 g/mol. The fourth-order valence-corrected chi connectivity index (χ4v) is 4.46. The van der Waals surface area contributed by atoms with Gasteiger partial charge in [0.15, 0.2) is 0 Å². The van der Waals surface area contributed by atoms with Crippen molar-refractivity contribution < 1.29 is 9.53 Å². The molecule has 0 aromatic carbocycles. The molecule has 8 heteroatoms. The molecule has 0 spiro atoms. The maximum Gasteiger partial charge on any atom is 0.257 e. The molecule has 8 nitrogen and oxygen atoms in total. The summed E-state index contributed by atoms with van der Waals surface area (Å²) in [5, 5.41) is 8.07. The highest BCUT2D eigenvalue weighted by Gasteiger charge is 2.28. The van der Waals surface area contributed by atoms with E-state index in [1.54, 1.807) is 6.20 Å². The molecule has 1 N–H and O–H groups in total. The van der Waals surface area contributed by atoms with Crippen LogP contribution in [-0.4, -0.2) is 62.8 Å². The third-order valence-electron chi connectivity index (χ3n) is 6.19. The molecular weight excluding hydrogens is 380 g/mol. The highest BCUT2D eigenvalue weighted by atomic mass is 16.5. The van der Waals surface area contributed by atoms with Crippen LogP contribution in [0.15, 0.2) is 30.7 Å². The van der Waals surface area contributed by atoms with Crippen molar-refractivity contribution >= 4 is 11.6 Å². The van der Waals surface area contributed by atoms with Crippen molar-refractivity contribution in [3.63, 3.8) is 0 Å². The van der Waals surface area contributed by atoms with Gasteiger partial charge in [0.25, 0.3) is 5.91 Å². The van der Waals surface area contributed by atoms with Crippen molar-refractivity contribution in [3.8, 4) is 0 Å². The third kappa shape index (κ3) is 3.73. The maximum atomic E-state index is 12.9. The van der Waals surface area contributed by atoms with Crippen LogP contribution in [0.3, 0.4) is 0 Å². The van der Waals surface area contributed by atoms with Crippen LogP contribution in [0.25, 0.3) is 5.65 Å². The number of pyridine rings is 1. The zero-order valence-corrected chi connectivity index (χ0v) is 17.4. The van der Waals surface area contributed by atoms with Crippen LogP contribution in [0.1, 0.15) is 33.7 Å². The van der Waals surface area contributed by atoms with Gasteiger partial charge in [-0.3, -0.25) is 9.48 Å². The zero-order valence-electron chi connectivity index (χ0n) is 17.4. The maximum absolute atomic E-state index is 12.9. The Labute approximate surface area is 175 Å². The van der Waals surface area contributed by atoms with E-state index in [1.165, 1.54) is 5.56 Å². The normalized spacial score (nSPS) is 19.2. The topological polar surface area (TPSA) is 76.7 Å². The number of morpholine rings is 1. The van der Waals surface area contributed by atoms with Gasteiger partial charge >= 0.3 is 0 Å². The highest BCUT2D eigenvalue weighted by molar-refractivity contribution is 5.95. The summed E-state index contributed by atoms with van der Waals surface area (Å²) in [5.41, 5.74) is 5.20. The molecular formula is C22H28N6O2. The SMILES string of the molecule is Cc1ccn2c(CNCC3CCn4ncc(C(=O)N5CCOCC5)c4C3)cnc2c1. The van der Waals surface area contributed by atoms with Crippen LogP contribution < -0.4 is 5.32 Å². The molecule has 5 heterocycles. The van der Waals surface area contributed by atoms with E-state index < -0.39 is 0 Å². The van der Waals surface area contributed by atoms with Gasteiger partial charge in [-0.15, -0.1) is 0 Å². The minimum atomic E-state index is 0.0918. The van der Waals surface area contributed by atoms with Gasteiger partial charge in [0, 0.05) is 32.4 Å². The Morgan fingerprint density at radius 3 is 3.00 bits per heavy atom. The standard InChI is InChI=1S/C22H28N6O2/c1-16-2-4-27-18(14-24-21(27)10-16)13-23-12-17-3-5-28-20(11-17)19(15-25-28)22(29)26-6-8-30-9-7-26/h2,4,10,14-15,17,23H,3,5-9,11-13H2,1H3. The van der Waals surface area contributed by atoms with Crippen LogP contribution >= 0.6 is 0 Å². The van der Waals surface area contributed by atoms with Gasteiger partial charge in [0.05, 0.1) is 42.6 Å². The van der Waals surface area contributed by atoms with Crippen LogP contribution in [-0.2, 0) is 24.2 Å². The summed E-state index contributed by atoms with van der Waals surface area (Å²) in [6, 6.07) is 4.20. The number of imidazole rings is 1. The number of nitrogens with one attached hydrogen (secondary N) is 1. The van der Waals surface area contributed by atoms with Crippen LogP contribution in [0.2, 0.25) is 0 Å². The van der Waals surface area contributed by atoms with E-state index in [2.05, 4.69) is 45.1 Å². The van der Waals surface area contributed by atoms with Crippen molar-refractivity contribution in [1.82, 2.24) is 29.4 Å². The molecule has 1 amide bonds. The molecule has 2 aliphatic heterocycles. The van der Waals surface area contributed by atoms with Crippen molar-refractivity contribution in [2.45, 2.75) is 32.9 Å². The molecule has 0 aliphatic carbocycles. The molecule has 5 rings (SSSR count). The highest BCUT2D eigenvalue weighted by Crippen LogP contribution is 2.24. The average Bonchev–Trinajstić information content (AvgIpc) is 3.37. The Bertz CT molecular complexity index is 1050. The second-order valence-electron chi connectivity index (χ2n) is 8.30. The summed E-state index contributed by atoms with van der Waals surface area (Å²) in [5.74, 6) is 0.584. The third-order valence-corrected chi connectivity index (χ3v) is 6.19. The first-order valence-corrected chi connectivity index (χ1v) is 10.7. The number of aromatic nitrogens is 4. The van der Waals surface area contributed by atoms with Crippen LogP contribution in [0.4, 0.5) is 0 Å². The Kier molecular flexibility index (Phi) is 5.26. The number of aryl methyl sites for hydroxylation is 2. The largest absolute Gasteiger partial charge is 0.378 e. The van der Waals surface area contributed by atoms with Gasteiger partial charge in [-0.1, -0.05) is 0 Å². The summed E-state index contributed by atoms with van der Waals surface area (Å²) in [6.07, 6.45) is 7.72. The molecule has 3 aromatic heterocycles. The Balaban J connectivity index is 1.21. The molecule has 30 heavy (non-hydrogen) atoms. The number of fused-ring (bicyclic) bond motifs is 2. The summed E-state index contributed by atoms with van der Waals surface area (Å²) >= 11 is 0. The fourth-order valence-electron chi connectivity index (χ4n) is 4.46. The van der Waals surface area contributed by atoms with Crippen molar-refractivity contribution in [3.05, 3.63) is 53.2 Å². The minimum absolute atomic E-state index is 0.0918. The summed E-state index contributed by atoms with van der Waals surface area (Å²) in [7, 11) is 0. The van der Waals surface area contributed by atoms with Crippen LogP contribution in [0, 0.1) is 12.8 Å². The molecule has 0 radical (unpaired) electrons. The fraction of sp³-hybridized carbons (Fsp3) is 0.500. The molecule has 0 saturated carbocycles. The van der Waals surface area contributed by atoms with E-state index >= 15 is 0 Å². The number of ether oxygens (including phenoxy) is 1. The van der Waals surface area contributed by atoms with Gasteiger partial charge in [-0.05, 0) is 49.9 Å². The number of amides is 1. The number of hydrogen-bond acceptors (Lipinski definition) is 5. The quantitative estimate of drug-likeness (QED) is 0.695. The van der Waals surface area contributed by atoms with Gasteiger partial charge in [0.1, 0.15) is 5.65 Å². The monoisotopic (exact) mass is 408 g/mol. The lowest BCUT2D eigenvalue weighted by molar-refractivity contribution is 0.0301. The second-order valence-corrected chi connectivity index (χ2v) is 8.30. The lowest BCUT2D eigenvalue weighted by Gasteiger charge is -2.28.